The number of fused-ring (bicyclic) bond motifs is 1. The monoisotopic (exact) mass is 409 g/mol. The molecule has 0 radical (unpaired) electrons. The Bertz CT molecular complexity index is 1190. The molecule has 0 unspecified atom stereocenters. The molecule has 1 N–H and O–H groups in total. The Hall–Kier alpha value is -3.73. The normalized spacial score (nSPS) is 11.2. The van der Waals surface area contributed by atoms with Crippen molar-refractivity contribution < 1.29 is 0 Å². The molecule has 0 fully saturated rings. The Morgan fingerprint density at radius 1 is 0.871 bits per heavy atom. The molecule has 4 rings (SSSR count). The van der Waals surface area contributed by atoms with Crippen LogP contribution in [0.5, 0.6) is 0 Å². The summed E-state index contributed by atoms with van der Waals surface area (Å²) < 4.78 is 0. The van der Waals surface area contributed by atoms with E-state index in [9.17, 15) is 0 Å². The summed E-state index contributed by atoms with van der Waals surface area (Å²) in [4.78, 5) is 11.9. The number of nitrogens with zero attached hydrogens (tertiary/aromatic N) is 4. The van der Waals surface area contributed by atoms with E-state index in [2.05, 4.69) is 66.5 Å². The predicted molar refractivity (Wildman–Crippen MR) is 131 cm³/mol. The Kier molecular flexibility index (Phi) is 6.22. The second-order valence-corrected chi connectivity index (χ2v) is 7.36. The number of hydrogen-bond acceptors (Lipinski definition) is 5. The molecule has 0 saturated carbocycles. The van der Waals surface area contributed by atoms with E-state index in [-0.39, 0.29) is 0 Å². The summed E-state index contributed by atoms with van der Waals surface area (Å²) >= 11 is 0. The van der Waals surface area contributed by atoms with Gasteiger partial charge in [0.25, 0.3) is 0 Å². The predicted octanol–water partition coefficient (Wildman–Crippen LogP) is 5.90. The van der Waals surface area contributed by atoms with Crippen LogP contribution in [0.15, 0.2) is 77.9 Å². The van der Waals surface area contributed by atoms with E-state index in [1.165, 1.54) is 5.69 Å². The third-order valence-corrected chi connectivity index (χ3v) is 5.39. The van der Waals surface area contributed by atoms with E-state index in [1.54, 1.807) is 0 Å². The summed E-state index contributed by atoms with van der Waals surface area (Å²) in [7, 11) is 0. The van der Waals surface area contributed by atoms with E-state index < -0.39 is 0 Å². The minimum Gasteiger partial charge on any atom is -0.372 e. The zero-order valence-corrected chi connectivity index (χ0v) is 18.2. The quantitative estimate of drug-likeness (QED) is 0.305. The molecule has 0 amide bonds. The smallest absolute Gasteiger partial charge is 0.162 e. The zero-order valence-electron chi connectivity index (χ0n) is 18.2. The van der Waals surface area contributed by atoms with Crippen molar-refractivity contribution in [2.75, 3.05) is 23.4 Å². The molecule has 0 saturated heterocycles. The van der Waals surface area contributed by atoms with Crippen molar-refractivity contribution >= 4 is 28.6 Å². The fraction of sp³-hybridized carbons (Fsp3) is 0.192. The lowest BCUT2D eigenvalue weighted by atomic mass is 10.1. The van der Waals surface area contributed by atoms with Crippen LogP contribution in [0, 0.1) is 6.92 Å². The van der Waals surface area contributed by atoms with E-state index in [0.717, 1.165) is 40.7 Å². The summed E-state index contributed by atoms with van der Waals surface area (Å²) in [5.74, 6) is 1.39. The van der Waals surface area contributed by atoms with Crippen LogP contribution in [0.4, 0.5) is 11.5 Å². The molecule has 156 valence electrons. The number of aromatic nitrogens is 2. The number of hydrogen-bond donors (Lipinski definition) is 1. The Balaban J connectivity index is 1.61. The van der Waals surface area contributed by atoms with Gasteiger partial charge in [-0.3, -0.25) is 5.43 Å². The highest BCUT2D eigenvalue weighted by atomic mass is 15.3. The average Bonchev–Trinajstić information content (AvgIpc) is 2.81. The molecular formula is C26H27N5. The van der Waals surface area contributed by atoms with E-state index in [1.807, 2.05) is 48.7 Å². The summed E-state index contributed by atoms with van der Waals surface area (Å²) in [6.07, 6.45) is 1.82. The second kappa shape index (κ2) is 9.39. The summed E-state index contributed by atoms with van der Waals surface area (Å²) in [5, 5.41) is 5.39. The van der Waals surface area contributed by atoms with Gasteiger partial charge in [0.1, 0.15) is 0 Å². The van der Waals surface area contributed by atoms with Crippen molar-refractivity contribution in [2.45, 2.75) is 20.8 Å². The Labute approximate surface area is 183 Å². The van der Waals surface area contributed by atoms with Crippen LogP contribution in [0.2, 0.25) is 0 Å². The molecule has 0 atom stereocenters. The Morgan fingerprint density at radius 3 is 2.32 bits per heavy atom. The van der Waals surface area contributed by atoms with Crippen LogP contribution in [0.25, 0.3) is 22.3 Å². The number of hydrazone groups is 1. The first-order chi connectivity index (χ1) is 15.2. The van der Waals surface area contributed by atoms with Gasteiger partial charge in [0, 0.05) is 29.7 Å². The number of benzene rings is 3. The SMILES string of the molecule is CCN(CC)c1ccc(/C=N/Nc2nc(-c3ccccc3C)nc3ccccc23)cc1. The molecule has 1 aromatic heterocycles. The molecule has 5 heteroatoms. The minimum absolute atomic E-state index is 0.693. The number of anilines is 2. The lowest BCUT2D eigenvalue weighted by molar-refractivity contribution is 0.866. The highest BCUT2D eigenvalue weighted by Crippen LogP contribution is 2.26. The maximum absolute atomic E-state index is 4.78. The van der Waals surface area contributed by atoms with Gasteiger partial charge >= 0.3 is 0 Å². The van der Waals surface area contributed by atoms with Crippen LogP contribution < -0.4 is 10.3 Å². The van der Waals surface area contributed by atoms with Gasteiger partial charge in [0.15, 0.2) is 11.6 Å². The van der Waals surface area contributed by atoms with Gasteiger partial charge in [-0.1, -0.05) is 48.5 Å². The van der Waals surface area contributed by atoms with E-state index >= 15 is 0 Å². The maximum atomic E-state index is 4.78. The lowest BCUT2D eigenvalue weighted by Gasteiger charge is -2.20. The summed E-state index contributed by atoms with van der Waals surface area (Å²) in [6, 6.07) is 24.5. The standard InChI is InChI=1S/C26H27N5/c1-4-31(5-2)21-16-14-20(15-17-21)18-27-30-26-23-12-8-9-13-24(23)28-25(29-26)22-11-7-6-10-19(22)3/h6-18H,4-5H2,1-3H3,(H,28,29,30)/b27-18+. The molecule has 0 aliphatic heterocycles. The minimum atomic E-state index is 0.693. The molecule has 1 heterocycles. The van der Waals surface area contributed by atoms with E-state index in [4.69, 9.17) is 9.97 Å². The van der Waals surface area contributed by atoms with Gasteiger partial charge in [-0.15, -0.1) is 0 Å². The summed E-state index contributed by atoms with van der Waals surface area (Å²) in [5.41, 5.74) is 8.43. The first kappa shape index (κ1) is 20.5. The first-order valence-corrected chi connectivity index (χ1v) is 10.7. The van der Waals surface area contributed by atoms with Gasteiger partial charge in [0.05, 0.1) is 11.7 Å². The molecule has 0 bridgehead atoms. The maximum Gasteiger partial charge on any atom is 0.162 e. The highest BCUT2D eigenvalue weighted by Gasteiger charge is 2.10. The van der Waals surface area contributed by atoms with Gasteiger partial charge in [-0.05, 0) is 56.2 Å². The summed E-state index contributed by atoms with van der Waals surface area (Å²) in [6.45, 7) is 8.39. The number of rotatable bonds is 7. The van der Waals surface area contributed by atoms with Gasteiger partial charge in [-0.25, -0.2) is 9.97 Å². The molecule has 5 nitrogen and oxygen atoms in total. The topological polar surface area (TPSA) is 53.4 Å². The fourth-order valence-electron chi connectivity index (χ4n) is 3.63. The van der Waals surface area contributed by atoms with Crippen LogP contribution in [0.3, 0.4) is 0 Å². The zero-order chi connectivity index (χ0) is 21.6. The van der Waals surface area contributed by atoms with Crippen LogP contribution in [0.1, 0.15) is 25.0 Å². The van der Waals surface area contributed by atoms with Crippen molar-refractivity contribution in [3.8, 4) is 11.4 Å². The third kappa shape index (κ3) is 4.56. The average molecular weight is 410 g/mol. The molecule has 31 heavy (non-hydrogen) atoms. The molecule has 0 spiro atoms. The van der Waals surface area contributed by atoms with Crippen molar-refractivity contribution in [2.24, 2.45) is 5.10 Å². The number of nitrogens with one attached hydrogen (secondary N) is 1. The molecular weight excluding hydrogens is 382 g/mol. The van der Waals surface area contributed by atoms with Crippen molar-refractivity contribution in [1.82, 2.24) is 9.97 Å². The molecule has 3 aromatic carbocycles. The van der Waals surface area contributed by atoms with Gasteiger partial charge in [-0.2, -0.15) is 5.10 Å². The number of para-hydroxylation sites is 1. The van der Waals surface area contributed by atoms with Crippen molar-refractivity contribution in [3.05, 3.63) is 83.9 Å². The lowest BCUT2D eigenvalue weighted by Crippen LogP contribution is -2.21. The Morgan fingerprint density at radius 2 is 1.58 bits per heavy atom. The van der Waals surface area contributed by atoms with Gasteiger partial charge < -0.3 is 4.90 Å². The van der Waals surface area contributed by atoms with E-state index in [0.29, 0.717) is 11.6 Å². The molecule has 0 aliphatic carbocycles. The van der Waals surface area contributed by atoms with Crippen LogP contribution >= 0.6 is 0 Å². The third-order valence-electron chi connectivity index (χ3n) is 5.39. The largest absolute Gasteiger partial charge is 0.372 e. The number of aryl methyl sites for hydroxylation is 1. The van der Waals surface area contributed by atoms with Crippen LogP contribution in [-0.2, 0) is 0 Å². The molecule has 4 aromatic rings. The fourth-order valence-corrected chi connectivity index (χ4v) is 3.63. The second-order valence-electron chi connectivity index (χ2n) is 7.36. The van der Waals surface area contributed by atoms with Gasteiger partial charge in [0.2, 0.25) is 0 Å². The first-order valence-electron chi connectivity index (χ1n) is 10.7. The van der Waals surface area contributed by atoms with Crippen molar-refractivity contribution in [1.29, 1.82) is 0 Å². The molecule has 0 aliphatic rings. The van der Waals surface area contributed by atoms with Crippen LogP contribution in [-0.4, -0.2) is 29.3 Å². The van der Waals surface area contributed by atoms with Crippen molar-refractivity contribution in [3.63, 3.8) is 0 Å². The highest BCUT2D eigenvalue weighted by molar-refractivity contribution is 5.91.